The minimum atomic E-state index is 0.0998. The summed E-state index contributed by atoms with van der Waals surface area (Å²) in [5.74, 6) is 0.484. The van der Waals surface area contributed by atoms with Gasteiger partial charge in [-0.1, -0.05) is 37.3 Å². The number of hydrogen-bond acceptors (Lipinski definition) is 3. The van der Waals surface area contributed by atoms with Crippen LogP contribution in [0.4, 0.5) is 0 Å². The normalized spacial score (nSPS) is 14.9. The molecule has 4 rings (SSSR count). The summed E-state index contributed by atoms with van der Waals surface area (Å²) in [5.41, 5.74) is 7.37. The van der Waals surface area contributed by atoms with Crippen molar-refractivity contribution in [3.05, 3.63) is 70.8 Å². The maximum absolute atomic E-state index is 13.2. The summed E-state index contributed by atoms with van der Waals surface area (Å²) in [6, 6.07) is 14.8. The van der Waals surface area contributed by atoms with Crippen LogP contribution in [0.5, 0.6) is 0 Å². The first kappa shape index (κ1) is 20.3. The van der Waals surface area contributed by atoms with Crippen molar-refractivity contribution < 1.29 is 4.79 Å². The van der Waals surface area contributed by atoms with Crippen molar-refractivity contribution in [2.75, 3.05) is 13.1 Å². The van der Waals surface area contributed by atoms with Crippen LogP contribution in [0.3, 0.4) is 0 Å². The Morgan fingerprint density at radius 2 is 1.77 bits per heavy atom. The van der Waals surface area contributed by atoms with Crippen LogP contribution in [0.15, 0.2) is 42.5 Å². The Morgan fingerprint density at radius 3 is 2.40 bits per heavy atom. The Bertz CT molecular complexity index is 1050. The summed E-state index contributed by atoms with van der Waals surface area (Å²) in [7, 11) is 1.87. The van der Waals surface area contributed by atoms with Crippen molar-refractivity contribution in [1.29, 1.82) is 0 Å². The molecule has 0 unspecified atom stereocenters. The number of amides is 1. The molecular weight excluding hydrogens is 372 g/mol. The first-order valence-electron chi connectivity index (χ1n) is 10.8. The number of benzene rings is 1. The molecule has 0 aliphatic carbocycles. The fourth-order valence-corrected chi connectivity index (χ4v) is 4.55. The number of aromatic nitrogens is 3. The highest BCUT2D eigenvalue weighted by atomic mass is 16.2. The number of hydrogen-bond donors (Lipinski definition) is 0. The van der Waals surface area contributed by atoms with E-state index in [2.05, 4.69) is 55.3 Å². The molecule has 5 nitrogen and oxygen atoms in total. The van der Waals surface area contributed by atoms with Gasteiger partial charge in [0.15, 0.2) is 0 Å². The molecule has 1 aliphatic rings. The number of aryl methyl sites for hydroxylation is 3. The molecule has 156 valence electrons. The topological polar surface area (TPSA) is 51.0 Å². The van der Waals surface area contributed by atoms with Gasteiger partial charge in [0.2, 0.25) is 0 Å². The Labute approximate surface area is 178 Å². The SMILES string of the molecule is CCc1nn(C)c(C(=O)N2CCC(c3cc(-c4ccccc4)cc(C)n3)CC2)c1C. The van der Waals surface area contributed by atoms with Crippen molar-refractivity contribution in [3.63, 3.8) is 0 Å². The molecule has 2 aromatic heterocycles. The Hall–Kier alpha value is -2.95. The van der Waals surface area contributed by atoms with Crippen molar-refractivity contribution in [2.24, 2.45) is 7.05 Å². The monoisotopic (exact) mass is 402 g/mol. The average Bonchev–Trinajstić information content (AvgIpc) is 3.06. The van der Waals surface area contributed by atoms with E-state index in [9.17, 15) is 4.79 Å². The Morgan fingerprint density at radius 1 is 1.07 bits per heavy atom. The first-order chi connectivity index (χ1) is 14.5. The minimum absolute atomic E-state index is 0.0998. The zero-order chi connectivity index (χ0) is 21.3. The van der Waals surface area contributed by atoms with Gasteiger partial charge in [0.1, 0.15) is 5.69 Å². The van der Waals surface area contributed by atoms with Crippen LogP contribution in [0.2, 0.25) is 0 Å². The van der Waals surface area contributed by atoms with E-state index in [0.29, 0.717) is 5.92 Å². The van der Waals surface area contributed by atoms with Crippen LogP contribution in [-0.4, -0.2) is 38.7 Å². The lowest BCUT2D eigenvalue weighted by atomic mass is 9.91. The highest BCUT2D eigenvalue weighted by Gasteiger charge is 2.28. The largest absolute Gasteiger partial charge is 0.337 e. The molecule has 0 bridgehead atoms. The van der Waals surface area contributed by atoms with Crippen LogP contribution < -0.4 is 0 Å². The van der Waals surface area contributed by atoms with Crippen LogP contribution in [-0.2, 0) is 13.5 Å². The van der Waals surface area contributed by atoms with Crippen LogP contribution >= 0.6 is 0 Å². The van der Waals surface area contributed by atoms with Gasteiger partial charge in [-0.25, -0.2) is 0 Å². The minimum Gasteiger partial charge on any atom is -0.337 e. The summed E-state index contributed by atoms with van der Waals surface area (Å²) in [5, 5.41) is 4.51. The molecule has 0 N–H and O–H groups in total. The molecule has 0 spiro atoms. The third-order valence-electron chi connectivity index (χ3n) is 6.20. The molecule has 0 atom stereocenters. The number of piperidine rings is 1. The predicted octanol–water partition coefficient (Wildman–Crippen LogP) is 4.68. The van der Waals surface area contributed by atoms with Gasteiger partial charge >= 0.3 is 0 Å². The summed E-state index contributed by atoms with van der Waals surface area (Å²) in [6.07, 6.45) is 2.72. The average molecular weight is 403 g/mol. The molecule has 30 heavy (non-hydrogen) atoms. The second-order valence-corrected chi connectivity index (χ2v) is 8.25. The molecule has 0 radical (unpaired) electrons. The second kappa shape index (κ2) is 8.42. The molecule has 1 fully saturated rings. The van der Waals surface area contributed by atoms with Gasteiger partial charge in [0.25, 0.3) is 5.91 Å². The third kappa shape index (κ3) is 3.89. The van der Waals surface area contributed by atoms with Crippen LogP contribution in [0, 0.1) is 13.8 Å². The lowest BCUT2D eigenvalue weighted by molar-refractivity contribution is 0.0700. The Balaban J connectivity index is 1.49. The zero-order valence-corrected chi connectivity index (χ0v) is 18.4. The highest BCUT2D eigenvalue weighted by molar-refractivity contribution is 5.94. The molecule has 1 amide bonds. The highest BCUT2D eigenvalue weighted by Crippen LogP contribution is 2.31. The second-order valence-electron chi connectivity index (χ2n) is 8.25. The zero-order valence-electron chi connectivity index (χ0n) is 18.4. The van der Waals surface area contributed by atoms with Gasteiger partial charge in [-0.2, -0.15) is 5.10 Å². The van der Waals surface area contributed by atoms with Crippen molar-refractivity contribution in [1.82, 2.24) is 19.7 Å². The fraction of sp³-hybridized carbons (Fsp3) is 0.400. The summed E-state index contributed by atoms with van der Waals surface area (Å²) >= 11 is 0. The predicted molar refractivity (Wildman–Crippen MR) is 120 cm³/mol. The van der Waals surface area contributed by atoms with Gasteiger partial charge in [0.05, 0.1) is 5.69 Å². The molecule has 3 aromatic rings. The maximum Gasteiger partial charge on any atom is 0.272 e. The van der Waals surface area contributed by atoms with E-state index in [4.69, 9.17) is 4.98 Å². The van der Waals surface area contributed by atoms with E-state index in [1.54, 1.807) is 4.68 Å². The molecule has 3 heterocycles. The number of carbonyl (C=O) groups is 1. The summed E-state index contributed by atoms with van der Waals surface area (Å²) in [4.78, 5) is 20.0. The number of carbonyl (C=O) groups excluding carboxylic acids is 1. The summed E-state index contributed by atoms with van der Waals surface area (Å²) in [6.45, 7) is 7.66. The van der Waals surface area contributed by atoms with E-state index in [-0.39, 0.29) is 5.91 Å². The molecule has 1 saturated heterocycles. The molecule has 1 aromatic carbocycles. The molecule has 1 aliphatic heterocycles. The quantitative estimate of drug-likeness (QED) is 0.637. The summed E-state index contributed by atoms with van der Waals surface area (Å²) < 4.78 is 1.75. The fourth-order valence-electron chi connectivity index (χ4n) is 4.55. The van der Waals surface area contributed by atoms with Crippen molar-refractivity contribution in [3.8, 4) is 11.1 Å². The van der Waals surface area contributed by atoms with Gasteiger partial charge in [0, 0.05) is 43.0 Å². The van der Waals surface area contributed by atoms with Crippen molar-refractivity contribution in [2.45, 2.75) is 46.0 Å². The van der Waals surface area contributed by atoms with Gasteiger partial charge < -0.3 is 4.90 Å². The Kier molecular flexibility index (Phi) is 5.71. The van der Waals surface area contributed by atoms with E-state index < -0.39 is 0 Å². The van der Waals surface area contributed by atoms with E-state index >= 15 is 0 Å². The smallest absolute Gasteiger partial charge is 0.272 e. The number of nitrogens with zero attached hydrogens (tertiary/aromatic N) is 4. The van der Waals surface area contributed by atoms with Crippen LogP contribution in [0.25, 0.3) is 11.1 Å². The lowest BCUT2D eigenvalue weighted by Crippen LogP contribution is -2.39. The lowest BCUT2D eigenvalue weighted by Gasteiger charge is -2.32. The molecule has 0 saturated carbocycles. The number of rotatable bonds is 4. The van der Waals surface area contributed by atoms with Crippen molar-refractivity contribution >= 4 is 5.91 Å². The van der Waals surface area contributed by atoms with Gasteiger partial charge in [-0.15, -0.1) is 0 Å². The van der Waals surface area contributed by atoms with E-state index in [1.807, 2.05) is 24.9 Å². The van der Waals surface area contributed by atoms with Gasteiger partial charge in [-0.3, -0.25) is 14.5 Å². The number of pyridine rings is 1. The third-order valence-corrected chi connectivity index (χ3v) is 6.20. The number of likely N-dealkylation sites (tertiary alicyclic amines) is 1. The first-order valence-corrected chi connectivity index (χ1v) is 10.8. The maximum atomic E-state index is 13.2. The van der Waals surface area contributed by atoms with Gasteiger partial charge in [-0.05, 0) is 56.4 Å². The molecule has 5 heteroatoms. The van der Waals surface area contributed by atoms with E-state index in [1.165, 1.54) is 11.1 Å². The van der Waals surface area contributed by atoms with Crippen LogP contribution in [0.1, 0.15) is 58.8 Å². The standard InChI is InChI=1S/C25H30N4O/c1-5-22-18(3)24(28(4)27-22)25(30)29-13-11-20(12-14-29)23-16-21(15-17(2)26-23)19-9-7-6-8-10-19/h6-10,15-16,20H,5,11-14H2,1-4H3. The molecular formula is C25H30N4O. The van der Waals surface area contributed by atoms with E-state index in [0.717, 1.165) is 60.7 Å².